The van der Waals surface area contributed by atoms with Crippen LogP contribution < -0.4 is 5.32 Å². The van der Waals surface area contributed by atoms with E-state index in [0.717, 1.165) is 45.2 Å². The molecule has 0 spiro atoms. The highest BCUT2D eigenvalue weighted by Gasteiger charge is 2.39. The van der Waals surface area contributed by atoms with Crippen LogP contribution in [0, 0.1) is 11.3 Å². The Bertz CT molecular complexity index is 362. The quantitative estimate of drug-likeness (QED) is 0.781. The number of aliphatic carboxylic acids is 1. The number of carboxylic acid groups (broad SMARTS) is 1. The highest BCUT2D eigenvalue weighted by Crippen LogP contribution is 2.35. The van der Waals surface area contributed by atoms with Crippen LogP contribution in [0.2, 0.25) is 0 Å². The van der Waals surface area contributed by atoms with E-state index in [9.17, 15) is 14.7 Å². The minimum atomic E-state index is -0.755. The van der Waals surface area contributed by atoms with Gasteiger partial charge in [-0.1, -0.05) is 32.6 Å². The zero-order valence-electron chi connectivity index (χ0n) is 12.4. The number of carboxylic acids is 1. The number of likely N-dealkylation sites (tertiary alicyclic amines) is 1. The molecule has 0 aromatic heterocycles. The first-order chi connectivity index (χ1) is 9.53. The standard InChI is InChI=1S/C15H26N2O3/c1-12-6-9-17(10-12)14(20)16-11-15(13(18)19)7-4-2-3-5-8-15/h12H,2-11H2,1H3,(H,16,20)(H,18,19). The molecule has 0 aromatic rings. The van der Waals surface area contributed by atoms with Crippen molar-refractivity contribution in [2.75, 3.05) is 19.6 Å². The molecule has 0 radical (unpaired) electrons. The van der Waals surface area contributed by atoms with E-state index in [0.29, 0.717) is 18.8 Å². The third-order valence-electron chi connectivity index (χ3n) is 4.80. The maximum absolute atomic E-state index is 12.1. The summed E-state index contributed by atoms with van der Waals surface area (Å²) in [5.74, 6) is -0.207. The Balaban J connectivity index is 1.91. The first-order valence-corrected chi connectivity index (χ1v) is 7.80. The van der Waals surface area contributed by atoms with Gasteiger partial charge in [-0.15, -0.1) is 0 Å². The van der Waals surface area contributed by atoms with Crippen LogP contribution in [0.5, 0.6) is 0 Å². The van der Waals surface area contributed by atoms with Crippen LogP contribution in [0.4, 0.5) is 4.79 Å². The van der Waals surface area contributed by atoms with Crippen molar-refractivity contribution in [3.05, 3.63) is 0 Å². The summed E-state index contributed by atoms with van der Waals surface area (Å²) < 4.78 is 0. The maximum Gasteiger partial charge on any atom is 0.317 e. The molecule has 0 aromatic carbocycles. The molecule has 1 aliphatic carbocycles. The van der Waals surface area contributed by atoms with Crippen LogP contribution in [0.3, 0.4) is 0 Å². The maximum atomic E-state index is 12.1. The summed E-state index contributed by atoms with van der Waals surface area (Å²) >= 11 is 0. The van der Waals surface area contributed by atoms with Crippen molar-refractivity contribution in [3.8, 4) is 0 Å². The van der Waals surface area contributed by atoms with E-state index in [1.807, 2.05) is 0 Å². The Hall–Kier alpha value is -1.26. The smallest absolute Gasteiger partial charge is 0.317 e. The Morgan fingerprint density at radius 1 is 1.25 bits per heavy atom. The van der Waals surface area contributed by atoms with Crippen molar-refractivity contribution < 1.29 is 14.7 Å². The predicted molar refractivity (Wildman–Crippen MR) is 76.5 cm³/mol. The Morgan fingerprint density at radius 3 is 2.40 bits per heavy atom. The van der Waals surface area contributed by atoms with Crippen LogP contribution in [0.1, 0.15) is 51.9 Å². The largest absolute Gasteiger partial charge is 0.481 e. The first kappa shape index (κ1) is 15.1. The van der Waals surface area contributed by atoms with Gasteiger partial charge in [0.25, 0.3) is 0 Å². The van der Waals surface area contributed by atoms with Gasteiger partial charge in [-0.2, -0.15) is 0 Å². The van der Waals surface area contributed by atoms with Gasteiger partial charge in [-0.25, -0.2) is 4.79 Å². The van der Waals surface area contributed by atoms with Crippen molar-refractivity contribution in [3.63, 3.8) is 0 Å². The molecule has 20 heavy (non-hydrogen) atoms. The summed E-state index contributed by atoms with van der Waals surface area (Å²) in [5, 5.41) is 12.4. The summed E-state index contributed by atoms with van der Waals surface area (Å²) in [4.78, 5) is 25.6. The summed E-state index contributed by atoms with van der Waals surface area (Å²) in [6.07, 6.45) is 6.50. The van der Waals surface area contributed by atoms with Crippen LogP contribution in [0.25, 0.3) is 0 Å². The fraction of sp³-hybridized carbons (Fsp3) is 0.867. The lowest BCUT2D eigenvalue weighted by atomic mass is 9.80. The third kappa shape index (κ3) is 3.44. The Morgan fingerprint density at radius 2 is 1.90 bits per heavy atom. The van der Waals surface area contributed by atoms with Gasteiger partial charge >= 0.3 is 12.0 Å². The minimum Gasteiger partial charge on any atom is -0.481 e. The van der Waals surface area contributed by atoms with E-state index in [-0.39, 0.29) is 12.6 Å². The van der Waals surface area contributed by atoms with E-state index in [2.05, 4.69) is 12.2 Å². The molecule has 2 aliphatic rings. The number of hydrogen-bond acceptors (Lipinski definition) is 2. The molecule has 1 aliphatic heterocycles. The molecular weight excluding hydrogens is 256 g/mol. The predicted octanol–water partition coefficient (Wildman–Crippen LogP) is 2.46. The van der Waals surface area contributed by atoms with Crippen LogP contribution >= 0.6 is 0 Å². The molecule has 2 rings (SSSR count). The highest BCUT2D eigenvalue weighted by atomic mass is 16.4. The molecular formula is C15H26N2O3. The lowest BCUT2D eigenvalue weighted by Gasteiger charge is -2.29. The fourth-order valence-corrected chi connectivity index (χ4v) is 3.35. The number of nitrogens with one attached hydrogen (secondary N) is 1. The SMILES string of the molecule is CC1CCN(C(=O)NCC2(C(=O)O)CCCCCC2)C1. The van der Waals surface area contributed by atoms with Gasteiger partial charge in [0.1, 0.15) is 0 Å². The van der Waals surface area contributed by atoms with Gasteiger partial charge in [-0.3, -0.25) is 4.79 Å². The normalized spacial score (nSPS) is 26.1. The molecule has 0 bridgehead atoms. The minimum absolute atomic E-state index is 0.0979. The van der Waals surface area contributed by atoms with E-state index < -0.39 is 11.4 Å². The number of urea groups is 1. The summed E-state index contributed by atoms with van der Waals surface area (Å²) in [7, 11) is 0. The number of carbonyl (C=O) groups excluding carboxylic acids is 1. The molecule has 2 fully saturated rings. The van der Waals surface area contributed by atoms with E-state index >= 15 is 0 Å². The summed E-state index contributed by atoms with van der Waals surface area (Å²) in [5.41, 5.74) is -0.752. The number of amides is 2. The lowest BCUT2D eigenvalue weighted by molar-refractivity contribution is -0.149. The molecule has 1 atom stereocenters. The average molecular weight is 282 g/mol. The first-order valence-electron chi connectivity index (χ1n) is 7.80. The Labute approximate surface area is 120 Å². The van der Waals surface area contributed by atoms with Crippen molar-refractivity contribution >= 4 is 12.0 Å². The summed E-state index contributed by atoms with van der Waals surface area (Å²) in [6.45, 7) is 3.97. The second kappa shape index (κ2) is 6.46. The third-order valence-corrected chi connectivity index (χ3v) is 4.80. The fourth-order valence-electron chi connectivity index (χ4n) is 3.35. The Kier molecular flexibility index (Phi) is 4.89. The lowest BCUT2D eigenvalue weighted by Crippen LogP contribution is -2.47. The van der Waals surface area contributed by atoms with Crippen LogP contribution in [-0.4, -0.2) is 41.6 Å². The average Bonchev–Trinajstić information content (AvgIpc) is 2.71. The monoisotopic (exact) mass is 282 g/mol. The number of nitrogens with zero attached hydrogens (tertiary/aromatic N) is 1. The highest BCUT2D eigenvalue weighted by molar-refractivity contribution is 5.78. The van der Waals surface area contributed by atoms with E-state index in [4.69, 9.17) is 0 Å². The van der Waals surface area contributed by atoms with Crippen molar-refractivity contribution in [2.24, 2.45) is 11.3 Å². The molecule has 2 amide bonds. The second-order valence-electron chi connectivity index (χ2n) is 6.50. The van der Waals surface area contributed by atoms with Crippen molar-refractivity contribution in [1.29, 1.82) is 0 Å². The molecule has 5 nitrogen and oxygen atoms in total. The topological polar surface area (TPSA) is 69.6 Å². The molecule has 1 saturated carbocycles. The molecule has 5 heteroatoms. The molecule has 114 valence electrons. The number of carbonyl (C=O) groups is 2. The zero-order valence-corrected chi connectivity index (χ0v) is 12.4. The zero-order chi connectivity index (χ0) is 14.6. The van der Waals surface area contributed by atoms with Crippen LogP contribution in [0.15, 0.2) is 0 Å². The molecule has 2 N–H and O–H groups in total. The number of rotatable bonds is 3. The van der Waals surface area contributed by atoms with Gasteiger partial charge < -0.3 is 15.3 Å². The van der Waals surface area contributed by atoms with Crippen LogP contribution in [-0.2, 0) is 4.79 Å². The van der Waals surface area contributed by atoms with Gasteiger partial charge in [0, 0.05) is 19.6 Å². The van der Waals surface area contributed by atoms with Gasteiger partial charge in [0.2, 0.25) is 0 Å². The molecule has 1 heterocycles. The van der Waals surface area contributed by atoms with Gasteiger partial charge in [0.15, 0.2) is 0 Å². The molecule has 1 saturated heterocycles. The molecule has 1 unspecified atom stereocenters. The summed E-state index contributed by atoms with van der Waals surface area (Å²) in [6, 6.07) is -0.0979. The van der Waals surface area contributed by atoms with Crippen molar-refractivity contribution in [2.45, 2.75) is 51.9 Å². The van der Waals surface area contributed by atoms with E-state index in [1.165, 1.54) is 0 Å². The van der Waals surface area contributed by atoms with Gasteiger partial charge in [-0.05, 0) is 25.2 Å². The second-order valence-corrected chi connectivity index (χ2v) is 6.50. The van der Waals surface area contributed by atoms with Crippen molar-refractivity contribution in [1.82, 2.24) is 10.2 Å². The van der Waals surface area contributed by atoms with E-state index in [1.54, 1.807) is 4.90 Å². The van der Waals surface area contributed by atoms with Gasteiger partial charge in [0.05, 0.1) is 5.41 Å². The number of hydrogen-bond donors (Lipinski definition) is 2.